The fourth-order valence-corrected chi connectivity index (χ4v) is 3.29. The molecule has 1 atom stereocenters. The van der Waals surface area contributed by atoms with Gasteiger partial charge in [-0.3, -0.25) is 0 Å². The predicted molar refractivity (Wildman–Crippen MR) is 77.4 cm³/mol. The largest absolute Gasteiger partial charge is 0.494 e. The molecule has 1 fully saturated rings. The number of rotatable bonds is 4. The Morgan fingerprint density at radius 3 is 2.40 bits per heavy atom. The number of hydrogen-bond acceptors (Lipinski definition) is 3. The fraction of sp³-hybridized carbons (Fsp3) is 0.625. The van der Waals surface area contributed by atoms with Crippen LogP contribution < -0.4 is 4.74 Å². The molecular formula is C16H24FNO2. The van der Waals surface area contributed by atoms with Gasteiger partial charge in [-0.15, -0.1) is 0 Å². The van der Waals surface area contributed by atoms with Crippen LogP contribution in [0.3, 0.4) is 0 Å². The molecule has 0 saturated heterocycles. The first kappa shape index (κ1) is 15.3. The Labute approximate surface area is 120 Å². The minimum Gasteiger partial charge on any atom is -0.494 e. The van der Waals surface area contributed by atoms with Crippen LogP contribution in [0.4, 0.5) is 4.39 Å². The zero-order chi connectivity index (χ0) is 14.8. The third-order valence-corrected chi connectivity index (χ3v) is 4.61. The Balaban J connectivity index is 2.32. The number of aliphatic hydroxyl groups is 1. The van der Waals surface area contributed by atoms with Crippen molar-refractivity contribution in [1.29, 1.82) is 0 Å². The van der Waals surface area contributed by atoms with Gasteiger partial charge in [0.15, 0.2) is 11.6 Å². The summed E-state index contributed by atoms with van der Waals surface area (Å²) in [6, 6.07) is 4.73. The minimum absolute atomic E-state index is 0.212. The van der Waals surface area contributed by atoms with Crippen LogP contribution in [0.1, 0.15) is 43.8 Å². The van der Waals surface area contributed by atoms with Gasteiger partial charge in [0, 0.05) is 0 Å². The first-order chi connectivity index (χ1) is 9.51. The number of hydrogen-bond donors (Lipinski definition) is 1. The van der Waals surface area contributed by atoms with Gasteiger partial charge in [0.2, 0.25) is 0 Å². The van der Waals surface area contributed by atoms with Crippen LogP contribution in [0.2, 0.25) is 0 Å². The van der Waals surface area contributed by atoms with E-state index in [4.69, 9.17) is 4.74 Å². The third kappa shape index (κ3) is 2.67. The summed E-state index contributed by atoms with van der Waals surface area (Å²) >= 11 is 0. The van der Waals surface area contributed by atoms with E-state index in [0.717, 1.165) is 25.7 Å². The summed E-state index contributed by atoms with van der Waals surface area (Å²) in [5, 5.41) is 10.8. The van der Waals surface area contributed by atoms with Gasteiger partial charge in [-0.25, -0.2) is 4.39 Å². The van der Waals surface area contributed by atoms with Crippen LogP contribution in [0, 0.1) is 5.82 Å². The maximum atomic E-state index is 13.9. The molecule has 112 valence electrons. The second-order valence-corrected chi connectivity index (χ2v) is 5.86. The predicted octanol–water partition coefficient (Wildman–Crippen LogP) is 3.13. The van der Waals surface area contributed by atoms with E-state index in [9.17, 15) is 9.50 Å². The highest BCUT2D eigenvalue weighted by Gasteiger charge is 2.41. The lowest BCUT2D eigenvalue weighted by molar-refractivity contribution is -0.0337. The molecule has 3 nitrogen and oxygen atoms in total. The number of nitrogens with zero attached hydrogens (tertiary/aromatic N) is 1. The number of benzene rings is 1. The van der Waals surface area contributed by atoms with Gasteiger partial charge >= 0.3 is 0 Å². The van der Waals surface area contributed by atoms with E-state index in [2.05, 4.69) is 4.90 Å². The molecule has 1 aliphatic rings. The van der Waals surface area contributed by atoms with Crippen molar-refractivity contribution in [1.82, 2.24) is 4.90 Å². The van der Waals surface area contributed by atoms with Crippen molar-refractivity contribution in [2.45, 2.75) is 43.7 Å². The molecule has 4 heteroatoms. The average molecular weight is 281 g/mol. The molecule has 0 heterocycles. The Morgan fingerprint density at radius 2 is 1.90 bits per heavy atom. The summed E-state index contributed by atoms with van der Waals surface area (Å²) in [6.07, 6.45) is 4.61. The molecule has 0 spiro atoms. The van der Waals surface area contributed by atoms with Crippen LogP contribution in [0.25, 0.3) is 0 Å². The number of methoxy groups -OCH3 is 1. The standard InChI is InChI=1S/C16H24FNO2/c1-18(2)16(9-5-4-6-10-16)15(19)12-7-8-14(20-3)13(17)11-12/h7-8,11,15,19H,4-6,9-10H2,1-3H3. The molecule has 1 aromatic carbocycles. The number of halogens is 1. The lowest BCUT2D eigenvalue weighted by atomic mass is 9.74. The molecule has 1 saturated carbocycles. The Morgan fingerprint density at radius 1 is 1.25 bits per heavy atom. The third-order valence-electron chi connectivity index (χ3n) is 4.61. The first-order valence-electron chi connectivity index (χ1n) is 7.20. The van der Waals surface area contributed by atoms with Crippen LogP contribution in [0.15, 0.2) is 18.2 Å². The highest BCUT2D eigenvalue weighted by molar-refractivity contribution is 5.32. The minimum atomic E-state index is -0.682. The SMILES string of the molecule is COc1ccc(C(O)C2(N(C)C)CCCCC2)cc1F. The van der Waals surface area contributed by atoms with Gasteiger partial charge in [-0.05, 0) is 44.6 Å². The number of aliphatic hydroxyl groups excluding tert-OH is 1. The first-order valence-corrected chi connectivity index (χ1v) is 7.20. The van der Waals surface area contributed by atoms with Crippen molar-refractivity contribution in [3.05, 3.63) is 29.6 Å². The van der Waals surface area contributed by atoms with E-state index in [0.29, 0.717) is 5.56 Å². The second kappa shape index (κ2) is 6.10. The van der Waals surface area contributed by atoms with Gasteiger partial charge in [0.05, 0.1) is 18.8 Å². The van der Waals surface area contributed by atoms with E-state index in [-0.39, 0.29) is 11.3 Å². The van der Waals surface area contributed by atoms with Crippen molar-refractivity contribution < 1.29 is 14.2 Å². The normalized spacial score (nSPS) is 19.9. The van der Waals surface area contributed by atoms with Gasteiger partial charge in [0.25, 0.3) is 0 Å². The molecule has 1 aliphatic carbocycles. The highest BCUT2D eigenvalue weighted by Crippen LogP contribution is 2.42. The van der Waals surface area contributed by atoms with E-state index in [1.165, 1.54) is 19.6 Å². The summed E-state index contributed by atoms with van der Waals surface area (Å²) in [7, 11) is 5.43. The number of ether oxygens (including phenoxy) is 1. The van der Waals surface area contributed by atoms with Crippen LogP contribution in [0.5, 0.6) is 5.75 Å². The number of likely N-dealkylation sites (N-methyl/N-ethyl adjacent to an activating group) is 1. The molecule has 1 N–H and O–H groups in total. The topological polar surface area (TPSA) is 32.7 Å². The van der Waals surface area contributed by atoms with E-state index in [1.807, 2.05) is 14.1 Å². The van der Waals surface area contributed by atoms with Gasteiger partial charge < -0.3 is 14.7 Å². The monoisotopic (exact) mass is 281 g/mol. The summed E-state index contributed by atoms with van der Waals surface area (Å²) in [5.74, 6) is -0.211. The van der Waals surface area contributed by atoms with Crippen molar-refractivity contribution in [3.8, 4) is 5.75 Å². The van der Waals surface area contributed by atoms with Gasteiger partial charge in [0.1, 0.15) is 0 Å². The van der Waals surface area contributed by atoms with Crippen molar-refractivity contribution in [2.75, 3.05) is 21.2 Å². The quantitative estimate of drug-likeness (QED) is 0.920. The smallest absolute Gasteiger partial charge is 0.165 e. The Kier molecular flexibility index (Phi) is 4.66. The summed E-state index contributed by atoms with van der Waals surface area (Å²) in [6.45, 7) is 0. The van der Waals surface area contributed by atoms with E-state index >= 15 is 0 Å². The van der Waals surface area contributed by atoms with Crippen LogP contribution in [-0.4, -0.2) is 36.8 Å². The van der Waals surface area contributed by atoms with Crippen molar-refractivity contribution in [2.24, 2.45) is 0 Å². The van der Waals surface area contributed by atoms with E-state index in [1.54, 1.807) is 12.1 Å². The lowest BCUT2D eigenvalue weighted by Crippen LogP contribution is -2.50. The Hall–Kier alpha value is -1.13. The van der Waals surface area contributed by atoms with Crippen LogP contribution >= 0.6 is 0 Å². The van der Waals surface area contributed by atoms with Crippen LogP contribution in [-0.2, 0) is 0 Å². The molecule has 0 aromatic heterocycles. The molecule has 1 unspecified atom stereocenters. The molecule has 1 aromatic rings. The van der Waals surface area contributed by atoms with Crippen molar-refractivity contribution >= 4 is 0 Å². The van der Waals surface area contributed by atoms with Gasteiger partial charge in [-0.1, -0.05) is 25.3 Å². The molecule has 20 heavy (non-hydrogen) atoms. The fourth-order valence-electron chi connectivity index (χ4n) is 3.29. The molecule has 0 bridgehead atoms. The zero-order valence-electron chi connectivity index (χ0n) is 12.5. The Bertz CT molecular complexity index is 456. The van der Waals surface area contributed by atoms with E-state index < -0.39 is 11.9 Å². The zero-order valence-corrected chi connectivity index (χ0v) is 12.5. The molecule has 0 aliphatic heterocycles. The highest BCUT2D eigenvalue weighted by atomic mass is 19.1. The second-order valence-electron chi connectivity index (χ2n) is 5.86. The van der Waals surface area contributed by atoms with Gasteiger partial charge in [-0.2, -0.15) is 0 Å². The summed E-state index contributed by atoms with van der Waals surface area (Å²) < 4.78 is 18.8. The maximum Gasteiger partial charge on any atom is 0.165 e. The molecule has 0 amide bonds. The molecule has 2 rings (SSSR count). The maximum absolute atomic E-state index is 13.9. The molecular weight excluding hydrogens is 257 g/mol. The summed E-state index contributed by atoms with van der Waals surface area (Å²) in [4.78, 5) is 2.10. The molecule has 0 radical (unpaired) electrons. The average Bonchev–Trinajstić information content (AvgIpc) is 2.47. The summed E-state index contributed by atoms with van der Waals surface area (Å²) in [5.41, 5.74) is 0.332. The van der Waals surface area contributed by atoms with Crippen molar-refractivity contribution in [3.63, 3.8) is 0 Å². The lowest BCUT2D eigenvalue weighted by Gasteiger charge is -2.46.